The molecule has 2 amide bonds. The smallest absolute Gasteiger partial charge is 0.336 e. The molecule has 0 aromatic carbocycles. The van der Waals surface area contributed by atoms with Gasteiger partial charge in [-0.05, 0) is 31.6 Å². The Labute approximate surface area is 106 Å². The normalized spacial score (nSPS) is 15.3. The molecule has 1 aliphatic rings. The van der Waals surface area contributed by atoms with Gasteiger partial charge in [-0.25, -0.2) is 15.3 Å². The highest BCUT2D eigenvalue weighted by molar-refractivity contribution is 5.70. The fourth-order valence-electron chi connectivity index (χ4n) is 2.06. The first-order chi connectivity index (χ1) is 8.74. The number of carbonyl (C=O) groups is 1. The lowest BCUT2D eigenvalue weighted by atomic mass is 9.85. The van der Waals surface area contributed by atoms with Crippen molar-refractivity contribution in [3.05, 3.63) is 18.2 Å². The molecule has 0 atom stereocenters. The summed E-state index contributed by atoms with van der Waals surface area (Å²) in [5.41, 5.74) is 8.02. The summed E-state index contributed by atoms with van der Waals surface area (Å²) in [5.74, 6) is 0.843. The summed E-state index contributed by atoms with van der Waals surface area (Å²) >= 11 is 0. The molecule has 1 aromatic rings. The van der Waals surface area contributed by atoms with Crippen molar-refractivity contribution >= 4 is 6.03 Å². The highest BCUT2D eigenvalue weighted by atomic mass is 16.7. The molecule has 1 aliphatic carbocycles. The van der Waals surface area contributed by atoms with E-state index < -0.39 is 6.03 Å². The predicted octanol–water partition coefficient (Wildman–Crippen LogP) is 1.22. The van der Waals surface area contributed by atoms with Crippen LogP contribution in [-0.4, -0.2) is 22.2 Å². The first-order valence-electron chi connectivity index (χ1n) is 6.42. The number of hydrogen-bond acceptors (Lipinski definition) is 3. The van der Waals surface area contributed by atoms with Gasteiger partial charge in [-0.1, -0.05) is 6.42 Å². The van der Waals surface area contributed by atoms with E-state index in [1.54, 1.807) is 0 Å². The third kappa shape index (κ3) is 4.03. The molecule has 0 spiro atoms. The second-order valence-corrected chi connectivity index (χ2v) is 4.78. The largest absolute Gasteiger partial charge is 0.350 e. The molecule has 1 aromatic heterocycles. The summed E-state index contributed by atoms with van der Waals surface area (Å²) in [6.07, 6.45) is 9.71. The zero-order valence-electron chi connectivity index (χ0n) is 10.5. The molecular weight excluding hydrogens is 232 g/mol. The molecule has 0 saturated heterocycles. The van der Waals surface area contributed by atoms with E-state index in [4.69, 9.17) is 10.6 Å². The fraction of sp³-hybridized carbons (Fsp3) is 0.667. The van der Waals surface area contributed by atoms with Crippen LogP contribution in [0.15, 0.2) is 12.5 Å². The van der Waals surface area contributed by atoms with Crippen LogP contribution in [0.25, 0.3) is 0 Å². The van der Waals surface area contributed by atoms with E-state index in [9.17, 15) is 4.79 Å². The van der Waals surface area contributed by atoms with E-state index in [0.717, 1.165) is 31.0 Å². The van der Waals surface area contributed by atoms with Crippen LogP contribution in [0.5, 0.6) is 0 Å². The second-order valence-electron chi connectivity index (χ2n) is 4.78. The van der Waals surface area contributed by atoms with Crippen LogP contribution in [0.1, 0.15) is 31.4 Å². The molecule has 100 valence electrons. The molecule has 1 fully saturated rings. The zero-order chi connectivity index (χ0) is 12.8. The number of urea groups is 1. The van der Waals surface area contributed by atoms with Gasteiger partial charge >= 0.3 is 6.03 Å². The van der Waals surface area contributed by atoms with Gasteiger partial charge in [0.1, 0.15) is 0 Å². The lowest BCUT2D eigenvalue weighted by Gasteiger charge is -2.25. The topological polar surface area (TPSA) is 82.2 Å². The van der Waals surface area contributed by atoms with Crippen molar-refractivity contribution in [2.24, 2.45) is 11.7 Å². The number of hydrogen-bond donors (Lipinski definition) is 2. The molecule has 6 nitrogen and oxygen atoms in total. The van der Waals surface area contributed by atoms with Gasteiger partial charge in [-0.3, -0.25) is 4.84 Å². The summed E-state index contributed by atoms with van der Waals surface area (Å²) in [6.45, 7) is 1.53. The summed E-state index contributed by atoms with van der Waals surface area (Å²) in [5, 5.41) is 0. The second kappa shape index (κ2) is 6.39. The molecule has 18 heavy (non-hydrogen) atoms. The quantitative estimate of drug-likeness (QED) is 0.565. The molecule has 0 radical (unpaired) electrons. The minimum atomic E-state index is -0.667. The third-order valence-corrected chi connectivity index (χ3v) is 3.23. The van der Waals surface area contributed by atoms with Crippen molar-refractivity contribution in [3.8, 4) is 0 Å². The van der Waals surface area contributed by atoms with Gasteiger partial charge in [0, 0.05) is 12.7 Å². The zero-order valence-corrected chi connectivity index (χ0v) is 10.5. The van der Waals surface area contributed by atoms with Crippen LogP contribution < -0.4 is 11.2 Å². The number of aromatic nitrogens is 2. The molecule has 6 heteroatoms. The third-order valence-electron chi connectivity index (χ3n) is 3.23. The number of nitrogens with two attached hydrogens (primary N) is 1. The van der Waals surface area contributed by atoms with Gasteiger partial charge in [0.25, 0.3) is 0 Å². The average molecular weight is 252 g/mol. The van der Waals surface area contributed by atoms with Crippen molar-refractivity contribution < 1.29 is 9.63 Å². The number of rotatable bonds is 7. The van der Waals surface area contributed by atoms with Crippen LogP contribution in [-0.2, 0) is 17.8 Å². The van der Waals surface area contributed by atoms with Crippen molar-refractivity contribution in [1.82, 2.24) is 15.0 Å². The molecular formula is C12H20N4O2. The Morgan fingerprint density at radius 3 is 3.11 bits per heavy atom. The van der Waals surface area contributed by atoms with Gasteiger partial charge < -0.3 is 10.3 Å². The fourth-order valence-corrected chi connectivity index (χ4v) is 2.06. The van der Waals surface area contributed by atoms with Crippen LogP contribution in [0.2, 0.25) is 0 Å². The Morgan fingerprint density at radius 2 is 2.44 bits per heavy atom. The number of aryl methyl sites for hydroxylation is 1. The van der Waals surface area contributed by atoms with Crippen molar-refractivity contribution in [1.29, 1.82) is 0 Å². The van der Waals surface area contributed by atoms with Crippen LogP contribution in [0, 0.1) is 5.92 Å². The van der Waals surface area contributed by atoms with Crippen molar-refractivity contribution in [2.45, 2.75) is 38.6 Å². The van der Waals surface area contributed by atoms with Crippen molar-refractivity contribution in [3.63, 3.8) is 0 Å². The maximum atomic E-state index is 10.3. The summed E-state index contributed by atoms with van der Waals surface area (Å²) < 4.78 is 2.17. The van der Waals surface area contributed by atoms with Crippen LogP contribution in [0.4, 0.5) is 4.79 Å². The Kier molecular flexibility index (Phi) is 4.58. The van der Waals surface area contributed by atoms with E-state index in [1.807, 2.05) is 6.33 Å². The predicted molar refractivity (Wildman–Crippen MR) is 66.6 cm³/mol. The summed E-state index contributed by atoms with van der Waals surface area (Å²) in [7, 11) is 0. The molecule has 0 aliphatic heterocycles. The van der Waals surface area contributed by atoms with E-state index in [0.29, 0.717) is 6.61 Å². The van der Waals surface area contributed by atoms with Crippen LogP contribution in [0.3, 0.4) is 0 Å². The monoisotopic (exact) mass is 252 g/mol. The minimum absolute atomic E-state index is 0.443. The molecule has 1 saturated carbocycles. The van der Waals surface area contributed by atoms with Gasteiger partial charge in [0.05, 0.1) is 18.6 Å². The molecule has 1 heterocycles. The molecule has 0 unspecified atom stereocenters. The van der Waals surface area contributed by atoms with E-state index in [2.05, 4.69) is 21.2 Å². The maximum absolute atomic E-state index is 10.3. The number of nitrogens with zero attached hydrogens (tertiary/aromatic N) is 2. The number of primary amides is 1. The van der Waals surface area contributed by atoms with Crippen LogP contribution >= 0.6 is 0 Å². The molecule has 0 bridgehead atoms. The van der Waals surface area contributed by atoms with Gasteiger partial charge in [0.2, 0.25) is 0 Å². The number of carbonyl (C=O) groups excluding carboxylic acids is 1. The van der Waals surface area contributed by atoms with Gasteiger partial charge in [-0.15, -0.1) is 0 Å². The Hall–Kier alpha value is -1.56. The minimum Gasteiger partial charge on any atom is -0.350 e. The van der Waals surface area contributed by atoms with E-state index in [-0.39, 0.29) is 0 Å². The average Bonchev–Trinajstić information content (AvgIpc) is 2.70. The Bertz CT molecular complexity index is 387. The van der Waals surface area contributed by atoms with E-state index in [1.165, 1.54) is 19.3 Å². The summed E-state index contributed by atoms with van der Waals surface area (Å²) in [4.78, 5) is 19.6. The Morgan fingerprint density at radius 1 is 1.61 bits per heavy atom. The van der Waals surface area contributed by atoms with Gasteiger partial charge in [0.15, 0.2) is 0 Å². The Balaban J connectivity index is 1.62. The number of hydroxylamine groups is 1. The first-order valence-corrected chi connectivity index (χ1v) is 6.42. The highest BCUT2D eigenvalue weighted by Gasteiger charge is 2.17. The first kappa shape index (κ1) is 12.9. The number of amides is 2. The number of nitrogens with one attached hydrogen (secondary N) is 1. The summed E-state index contributed by atoms with van der Waals surface area (Å²) in [6, 6.07) is -0.667. The van der Waals surface area contributed by atoms with Crippen molar-refractivity contribution in [2.75, 3.05) is 6.61 Å². The van der Waals surface area contributed by atoms with Gasteiger partial charge in [-0.2, -0.15) is 0 Å². The lowest BCUT2D eigenvalue weighted by Crippen LogP contribution is -2.29. The maximum Gasteiger partial charge on any atom is 0.336 e. The lowest BCUT2D eigenvalue weighted by molar-refractivity contribution is 0.0628. The number of imidazole rings is 1. The standard InChI is InChI=1S/C12H20N4O2/c13-12(17)15-18-6-2-5-11-8-16(9-14-11)7-10-3-1-4-10/h8-10H,1-7H2,(H3,13,15,17). The van der Waals surface area contributed by atoms with E-state index >= 15 is 0 Å². The molecule has 2 rings (SSSR count). The SMILES string of the molecule is NC(=O)NOCCCc1cn(CC2CCC2)cn1. The molecule has 3 N–H and O–H groups in total. The highest BCUT2D eigenvalue weighted by Crippen LogP contribution is 2.27.